The van der Waals surface area contributed by atoms with Crippen LogP contribution in [0.2, 0.25) is 0 Å². The molecule has 2 saturated carbocycles. The third-order valence-electron chi connectivity index (χ3n) is 7.16. The molecule has 1 aliphatic heterocycles. The molecule has 0 unspecified atom stereocenters. The topological polar surface area (TPSA) is 29.5 Å². The number of alkyl halides is 1. The number of carbonyl (C=O) groups excluding carboxylic acids is 1. The summed E-state index contributed by atoms with van der Waals surface area (Å²) in [6.07, 6.45) is 9.67. The first-order chi connectivity index (χ1) is 13.3. The summed E-state index contributed by atoms with van der Waals surface area (Å²) < 4.78 is 6.58. The van der Waals surface area contributed by atoms with Crippen molar-refractivity contribution >= 4 is 27.9 Å². The molecule has 3 fully saturated rings. The number of likely N-dealkylation sites (tertiary alicyclic amines) is 1. The molecular formula is C24H30BrNO2. The van der Waals surface area contributed by atoms with Crippen LogP contribution in [0, 0.1) is 17.3 Å². The van der Waals surface area contributed by atoms with Crippen molar-refractivity contribution in [1.29, 1.82) is 0 Å². The van der Waals surface area contributed by atoms with Gasteiger partial charge >= 0.3 is 0 Å². The Morgan fingerprint density at radius 1 is 1.18 bits per heavy atom. The summed E-state index contributed by atoms with van der Waals surface area (Å²) >= 11 is 3.89. The van der Waals surface area contributed by atoms with Gasteiger partial charge in [0.1, 0.15) is 0 Å². The number of amides is 1. The lowest BCUT2D eigenvalue weighted by atomic mass is 9.85. The van der Waals surface area contributed by atoms with E-state index in [1.165, 1.54) is 0 Å². The van der Waals surface area contributed by atoms with E-state index < -0.39 is 6.10 Å². The van der Waals surface area contributed by atoms with Crippen molar-refractivity contribution in [2.45, 2.75) is 63.1 Å². The summed E-state index contributed by atoms with van der Waals surface area (Å²) in [7, 11) is 0. The SMILES string of the molecule is C/C=C/N1C(=O)[C@H](O[C@]2(C)C[C@H]3[C@@H](C[C@H]2Br)C3(C)C)[C@@H]1/C=C\c1ccccc1. The first-order valence-corrected chi connectivity index (χ1v) is 11.2. The van der Waals surface area contributed by atoms with Crippen LogP contribution >= 0.6 is 15.9 Å². The fourth-order valence-electron chi connectivity index (χ4n) is 5.10. The van der Waals surface area contributed by atoms with E-state index in [0.29, 0.717) is 11.3 Å². The van der Waals surface area contributed by atoms with Crippen LogP contribution in [-0.4, -0.2) is 33.4 Å². The first kappa shape index (κ1) is 19.9. The normalized spacial score (nSPS) is 39.2. The van der Waals surface area contributed by atoms with Crippen LogP contribution in [0.15, 0.2) is 48.7 Å². The molecule has 2 aliphatic carbocycles. The fourth-order valence-corrected chi connectivity index (χ4v) is 5.80. The number of benzene rings is 1. The third kappa shape index (κ3) is 3.29. The van der Waals surface area contributed by atoms with Gasteiger partial charge in [-0.2, -0.15) is 0 Å². The van der Waals surface area contributed by atoms with Crippen molar-refractivity contribution in [1.82, 2.24) is 4.90 Å². The number of rotatable bonds is 5. The van der Waals surface area contributed by atoms with Gasteiger partial charge in [0.2, 0.25) is 0 Å². The highest BCUT2D eigenvalue weighted by Gasteiger charge is 2.65. The van der Waals surface area contributed by atoms with Gasteiger partial charge in [-0.1, -0.05) is 78.3 Å². The van der Waals surface area contributed by atoms with E-state index in [9.17, 15) is 4.79 Å². The fraction of sp³-hybridized carbons (Fsp3) is 0.542. The van der Waals surface area contributed by atoms with Crippen LogP contribution in [0.25, 0.3) is 6.08 Å². The molecule has 3 aliphatic rings. The highest BCUT2D eigenvalue weighted by molar-refractivity contribution is 9.09. The number of ether oxygens (including phenoxy) is 1. The van der Waals surface area contributed by atoms with Gasteiger partial charge in [-0.25, -0.2) is 0 Å². The van der Waals surface area contributed by atoms with E-state index in [1.807, 2.05) is 37.4 Å². The molecular weight excluding hydrogens is 414 g/mol. The van der Waals surface area contributed by atoms with Gasteiger partial charge < -0.3 is 9.64 Å². The zero-order valence-electron chi connectivity index (χ0n) is 17.1. The van der Waals surface area contributed by atoms with Crippen molar-refractivity contribution < 1.29 is 9.53 Å². The molecule has 0 aromatic heterocycles. The number of hydrogen-bond acceptors (Lipinski definition) is 2. The molecule has 0 radical (unpaired) electrons. The Balaban J connectivity index is 1.52. The monoisotopic (exact) mass is 443 g/mol. The van der Waals surface area contributed by atoms with Crippen molar-refractivity contribution in [3.05, 3.63) is 54.2 Å². The van der Waals surface area contributed by atoms with Gasteiger partial charge in [-0.3, -0.25) is 4.79 Å². The Morgan fingerprint density at radius 2 is 1.89 bits per heavy atom. The predicted octanol–water partition coefficient (Wildman–Crippen LogP) is 5.42. The zero-order valence-corrected chi connectivity index (χ0v) is 18.7. The third-order valence-corrected chi connectivity index (χ3v) is 8.50. The Hall–Kier alpha value is -1.39. The molecule has 1 aromatic rings. The van der Waals surface area contributed by atoms with Crippen molar-refractivity contribution in [3.8, 4) is 0 Å². The Labute approximate surface area is 177 Å². The molecule has 28 heavy (non-hydrogen) atoms. The number of fused-ring (bicyclic) bond motifs is 1. The van der Waals surface area contributed by atoms with Gasteiger partial charge in [-0.05, 0) is 49.5 Å². The predicted molar refractivity (Wildman–Crippen MR) is 117 cm³/mol. The second-order valence-electron chi connectivity index (χ2n) is 9.28. The van der Waals surface area contributed by atoms with Crippen LogP contribution in [0.3, 0.4) is 0 Å². The minimum absolute atomic E-state index is 0.0546. The van der Waals surface area contributed by atoms with Gasteiger partial charge in [0.15, 0.2) is 6.10 Å². The molecule has 150 valence electrons. The van der Waals surface area contributed by atoms with Gasteiger partial charge in [0.25, 0.3) is 5.91 Å². The summed E-state index contributed by atoms with van der Waals surface area (Å²) in [4.78, 5) is 14.9. The molecule has 1 aromatic carbocycles. The molecule has 4 rings (SSSR count). The van der Waals surface area contributed by atoms with E-state index in [4.69, 9.17) is 4.74 Å². The average molecular weight is 444 g/mol. The quantitative estimate of drug-likeness (QED) is 0.449. The molecule has 0 spiro atoms. The number of allylic oxidation sites excluding steroid dienone is 1. The van der Waals surface area contributed by atoms with E-state index in [2.05, 4.69) is 61.0 Å². The molecule has 1 saturated heterocycles. The second kappa shape index (κ2) is 7.14. The maximum Gasteiger partial charge on any atom is 0.258 e. The van der Waals surface area contributed by atoms with E-state index in [0.717, 1.165) is 24.3 Å². The Morgan fingerprint density at radius 3 is 2.57 bits per heavy atom. The number of carbonyl (C=O) groups is 1. The van der Waals surface area contributed by atoms with Crippen molar-refractivity contribution in [2.75, 3.05) is 0 Å². The lowest BCUT2D eigenvalue weighted by Crippen LogP contribution is -2.65. The molecule has 6 atom stereocenters. The minimum atomic E-state index is -0.417. The van der Waals surface area contributed by atoms with E-state index >= 15 is 0 Å². The summed E-state index contributed by atoms with van der Waals surface area (Å²) in [5.74, 6) is 1.53. The smallest absolute Gasteiger partial charge is 0.258 e. The van der Waals surface area contributed by atoms with Crippen LogP contribution < -0.4 is 0 Å². The summed E-state index contributed by atoms with van der Waals surface area (Å²) in [5, 5.41) is 0. The maximum absolute atomic E-state index is 12.8. The highest BCUT2D eigenvalue weighted by atomic mass is 79.9. The number of hydrogen-bond donors (Lipinski definition) is 0. The molecule has 4 heteroatoms. The van der Waals surface area contributed by atoms with Crippen LogP contribution in [0.5, 0.6) is 0 Å². The molecule has 3 nitrogen and oxygen atoms in total. The Bertz CT molecular complexity index is 802. The van der Waals surface area contributed by atoms with Crippen LogP contribution in [-0.2, 0) is 9.53 Å². The lowest BCUT2D eigenvalue weighted by molar-refractivity contribution is -0.186. The lowest BCUT2D eigenvalue weighted by Gasteiger charge is -2.49. The summed E-state index contributed by atoms with van der Waals surface area (Å²) in [6, 6.07) is 10.1. The van der Waals surface area contributed by atoms with Gasteiger partial charge in [-0.15, -0.1) is 0 Å². The molecule has 1 amide bonds. The molecule has 0 bridgehead atoms. The van der Waals surface area contributed by atoms with E-state index in [1.54, 1.807) is 4.90 Å². The number of nitrogens with zero attached hydrogens (tertiary/aromatic N) is 1. The second-order valence-corrected chi connectivity index (χ2v) is 10.4. The summed E-state index contributed by atoms with van der Waals surface area (Å²) in [6.45, 7) is 8.84. The number of β-lactam (4-membered cyclic amide) rings is 1. The van der Waals surface area contributed by atoms with Gasteiger partial charge in [0, 0.05) is 11.0 Å². The molecule has 1 heterocycles. The maximum atomic E-state index is 12.8. The largest absolute Gasteiger partial charge is 0.358 e. The van der Waals surface area contributed by atoms with Crippen LogP contribution in [0.4, 0.5) is 0 Å². The van der Waals surface area contributed by atoms with Gasteiger partial charge in [0.05, 0.1) is 11.6 Å². The molecule has 0 N–H and O–H groups in total. The number of halogens is 1. The summed E-state index contributed by atoms with van der Waals surface area (Å²) in [5.41, 5.74) is 1.22. The zero-order chi connectivity index (χ0) is 20.1. The van der Waals surface area contributed by atoms with Crippen LogP contribution in [0.1, 0.15) is 46.1 Å². The first-order valence-electron chi connectivity index (χ1n) is 10.3. The Kier molecular flexibility index (Phi) is 5.08. The average Bonchev–Trinajstić information content (AvgIpc) is 3.19. The van der Waals surface area contributed by atoms with Crippen molar-refractivity contribution in [2.24, 2.45) is 17.3 Å². The highest BCUT2D eigenvalue weighted by Crippen LogP contribution is 2.68. The minimum Gasteiger partial charge on any atom is -0.358 e. The standard InChI is InChI=1S/C24H30BrNO2/c1-5-13-26-19(12-11-16-9-7-6-8-10-16)21(22(26)27)28-24(4)15-18-17(14-20(24)25)23(18,2)3/h5-13,17-21H,14-15H2,1-4H3/b12-11-,13-5+/t17-,18+,19+,20-,21-,24-/m1/s1. The van der Waals surface area contributed by atoms with Crippen molar-refractivity contribution in [3.63, 3.8) is 0 Å². The van der Waals surface area contributed by atoms with E-state index in [-0.39, 0.29) is 22.4 Å².